The second-order valence-corrected chi connectivity index (χ2v) is 6.87. The van der Waals surface area contributed by atoms with Crippen LogP contribution in [0.15, 0.2) is 59.3 Å². The zero-order valence-corrected chi connectivity index (χ0v) is 16.3. The molecule has 0 radical (unpaired) electrons. The Balaban J connectivity index is 1.76. The summed E-state index contributed by atoms with van der Waals surface area (Å²) >= 11 is 3.51. The Hall–Kier alpha value is -2.60. The molecule has 1 aromatic heterocycles. The van der Waals surface area contributed by atoms with Gasteiger partial charge in [0, 0.05) is 10.2 Å². The van der Waals surface area contributed by atoms with E-state index in [2.05, 4.69) is 55.6 Å². The zero-order chi connectivity index (χ0) is 18.4. The molecule has 0 aliphatic rings. The number of nitrogens with one attached hydrogen (secondary N) is 2. The molecule has 26 heavy (non-hydrogen) atoms. The van der Waals surface area contributed by atoms with Gasteiger partial charge in [0.25, 0.3) is 0 Å². The molecule has 5 nitrogen and oxygen atoms in total. The van der Waals surface area contributed by atoms with E-state index in [9.17, 15) is 0 Å². The summed E-state index contributed by atoms with van der Waals surface area (Å²) in [6.45, 7) is 2.20. The lowest BCUT2D eigenvalue weighted by atomic mass is 10.1. The fourth-order valence-corrected chi connectivity index (χ4v) is 2.94. The molecule has 0 atom stereocenters. The molecule has 0 saturated heterocycles. The van der Waals surface area contributed by atoms with Crippen LogP contribution in [0.1, 0.15) is 25.3 Å². The lowest BCUT2D eigenvalue weighted by molar-refractivity contribution is 0.795. The summed E-state index contributed by atoms with van der Waals surface area (Å²) in [7, 11) is 0. The van der Waals surface area contributed by atoms with Gasteiger partial charge in [0.2, 0.25) is 0 Å². The Morgan fingerprint density at radius 2 is 1.65 bits per heavy atom. The molecule has 134 valence electrons. The average Bonchev–Trinajstić information content (AvgIpc) is 2.66. The standard InChI is InChI=1S/C20H22BrN5/c1-2-3-6-14-9-11-15(12-10-14)25-19-18(22)20(24-13-23-19)26-17-8-5-4-7-16(17)21/h4-5,7-13H,2-3,6,22H2,1H3,(H2,23,24,25,26). The van der Waals surface area contributed by atoms with Crippen molar-refractivity contribution in [3.8, 4) is 0 Å². The fourth-order valence-electron chi connectivity index (χ4n) is 2.56. The number of halogens is 1. The Bertz CT molecular complexity index is 864. The van der Waals surface area contributed by atoms with Gasteiger partial charge in [-0.1, -0.05) is 37.6 Å². The summed E-state index contributed by atoms with van der Waals surface area (Å²) in [5, 5.41) is 6.50. The van der Waals surface area contributed by atoms with Crippen molar-refractivity contribution in [2.75, 3.05) is 16.4 Å². The largest absolute Gasteiger partial charge is 0.393 e. The SMILES string of the molecule is CCCCc1ccc(Nc2ncnc(Nc3ccccc3Br)c2N)cc1. The first-order valence-electron chi connectivity index (χ1n) is 8.65. The van der Waals surface area contributed by atoms with Crippen LogP contribution in [0.2, 0.25) is 0 Å². The summed E-state index contributed by atoms with van der Waals surface area (Å²) in [5.74, 6) is 1.14. The van der Waals surface area contributed by atoms with Gasteiger partial charge >= 0.3 is 0 Å². The minimum absolute atomic E-state index is 0.471. The molecule has 0 unspecified atom stereocenters. The molecule has 6 heteroatoms. The molecule has 2 aromatic carbocycles. The van der Waals surface area contributed by atoms with Gasteiger partial charge < -0.3 is 16.4 Å². The van der Waals surface area contributed by atoms with Gasteiger partial charge in [0.05, 0.1) is 5.69 Å². The highest BCUT2D eigenvalue weighted by atomic mass is 79.9. The number of rotatable bonds is 7. The van der Waals surface area contributed by atoms with Crippen molar-refractivity contribution in [1.29, 1.82) is 0 Å². The van der Waals surface area contributed by atoms with Gasteiger partial charge in [-0.3, -0.25) is 0 Å². The van der Waals surface area contributed by atoms with Crippen molar-refractivity contribution < 1.29 is 0 Å². The Morgan fingerprint density at radius 1 is 0.962 bits per heavy atom. The van der Waals surface area contributed by atoms with E-state index in [0.717, 1.165) is 22.3 Å². The van der Waals surface area contributed by atoms with E-state index in [4.69, 9.17) is 5.73 Å². The van der Waals surface area contributed by atoms with Crippen LogP contribution >= 0.6 is 15.9 Å². The van der Waals surface area contributed by atoms with Crippen LogP contribution in [0.3, 0.4) is 0 Å². The number of aryl methyl sites for hydroxylation is 1. The molecule has 3 rings (SSSR count). The Morgan fingerprint density at radius 3 is 2.35 bits per heavy atom. The number of hydrogen-bond acceptors (Lipinski definition) is 5. The topological polar surface area (TPSA) is 75.9 Å². The molecule has 4 N–H and O–H groups in total. The summed E-state index contributed by atoms with van der Waals surface area (Å²) in [6.07, 6.45) is 5.00. The van der Waals surface area contributed by atoms with E-state index in [-0.39, 0.29) is 0 Å². The number of nitrogens with zero attached hydrogens (tertiary/aromatic N) is 2. The van der Waals surface area contributed by atoms with Crippen LogP contribution in [0.5, 0.6) is 0 Å². The predicted octanol–water partition coefficient (Wildman–Crippen LogP) is 5.65. The van der Waals surface area contributed by atoms with Crippen molar-refractivity contribution in [3.63, 3.8) is 0 Å². The fraction of sp³-hybridized carbons (Fsp3) is 0.200. The maximum absolute atomic E-state index is 6.26. The van der Waals surface area contributed by atoms with E-state index in [0.29, 0.717) is 17.3 Å². The number of unbranched alkanes of at least 4 members (excludes halogenated alkanes) is 1. The number of anilines is 5. The first-order chi connectivity index (χ1) is 12.7. The second-order valence-electron chi connectivity index (χ2n) is 6.01. The maximum atomic E-state index is 6.26. The summed E-state index contributed by atoms with van der Waals surface area (Å²) < 4.78 is 0.940. The third kappa shape index (κ3) is 4.52. The van der Waals surface area contributed by atoms with Crippen LogP contribution in [0.4, 0.5) is 28.7 Å². The molecule has 1 heterocycles. The monoisotopic (exact) mass is 411 g/mol. The van der Waals surface area contributed by atoms with E-state index in [1.54, 1.807) is 0 Å². The van der Waals surface area contributed by atoms with Gasteiger partial charge in [-0.05, 0) is 58.6 Å². The van der Waals surface area contributed by atoms with Crippen LogP contribution in [-0.4, -0.2) is 9.97 Å². The quantitative estimate of drug-likeness (QED) is 0.468. The van der Waals surface area contributed by atoms with Crippen molar-refractivity contribution in [3.05, 3.63) is 64.9 Å². The van der Waals surface area contributed by atoms with Crippen molar-refractivity contribution in [2.45, 2.75) is 26.2 Å². The average molecular weight is 412 g/mol. The minimum Gasteiger partial charge on any atom is -0.393 e. The molecular weight excluding hydrogens is 390 g/mol. The normalized spacial score (nSPS) is 10.5. The Kier molecular flexibility index (Phi) is 6.07. The second kappa shape index (κ2) is 8.67. The molecule has 0 aliphatic carbocycles. The Labute approximate surface area is 162 Å². The molecule has 0 saturated carbocycles. The number of benzene rings is 2. The first-order valence-corrected chi connectivity index (χ1v) is 9.44. The summed E-state index contributed by atoms with van der Waals surface area (Å²) in [5.41, 5.74) is 9.91. The summed E-state index contributed by atoms with van der Waals surface area (Å²) in [4.78, 5) is 8.53. The number of para-hydroxylation sites is 1. The molecule has 0 fully saturated rings. The van der Waals surface area contributed by atoms with Crippen LogP contribution in [-0.2, 0) is 6.42 Å². The number of hydrogen-bond donors (Lipinski definition) is 3. The molecular formula is C20H22BrN5. The number of nitrogens with two attached hydrogens (primary N) is 1. The van der Waals surface area contributed by atoms with Gasteiger partial charge in [-0.2, -0.15) is 0 Å². The highest BCUT2D eigenvalue weighted by molar-refractivity contribution is 9.10. The highest BCUT2D eigenvalue weighted by Gasteiger charge is 2.10. The van der Waals surface area contributed by atoms with Gasteiger partial charge in [-0.25, -0.2) is 9.97 Å². The van der Waals surface area contributed by atoms with Crippen molar-refractivity contribution in [1.82, 2.24) is 9.97 Å². The van der Waals surface area contributed by atoms with Gasteiger partial charge in [0.1, 0.15) is 12.0 Å². The van der Waals surface area contributed by atoms with E-state index < -0.39 is 0 Å². The maximum Gasteiger partial charge on any atom is 0.159 e. The van der Waals surface area contributed by atoms with E-state index in [1.807, 2.05) is 36.4 Å². The van der Waals surface area contributed by atoms with Gasteiger partial charge in [0.15, 0.2) is 11.6 Å². The molecule has 0 spiro atoms. The highest BCUT2D eigenvalue weighted by Crippen LogP contribution is 2.30. The van der Waals surface area contributed by atoms with E-state index in [1.165, 1.54) is 24.7 Å². The molecule has 0 bridgehead atoms. The molecule has 0 aliphatic heterocycles. The minimum atomic E-state index is 0.471. The van der Waals surface area contributed by atoms with E-state index >= 15 is 0 Å². The first kappa shape index (κ1) is 18.2. The molecule has 0 amide bonds. The van der Waals surface area contributed by atoms with Crippen LogP contribution < -0.4 is 16.4 Å². The van der Waals surface area contributed by atoms with Crippen LogP contribution in [0.25, 0.3) is 0 Å². The summed E-state index contributed by atoms with van der Waals surface area (Å²) in [6, 6.07) is 16.2. The van der Waals surface area contributed by atoms with Crippen LogP contribution in [0, 0.1) is 0 Å². The number of aromatic nitrogens is 2. The zero-order valence-electron chi connectivity index (χ0n) is 14.7. The third-order valence-corrected chi connectivity index (χ3v) is 4.74. The lowest BCUT2D eigenvalue weighted by Gasteiger charge is -2.13. The van der Waals surface area contributed by atoms with Crippen molar-refractivity contribution in [2.24, 2.45) is 0 Å². The number of nitrogen functional groups attached to an aromatic ring is 1. The smallest absolute Gasteiger partial charge is 0.159 e. The van der Waals surface area contributed by atoms with Gasteiger partial charge in [-0.15, -0.1) is 0 Å². The predicted molar refractivity (Wildman–Crippen MR) is 112 cm³/mol. The third-order valence-electron chi connectivity index (χ3n) is 4.05. The lowest BCUT2D eigenvalue weighted by Crippen LogP contribution is -2.05. The molecule has 3 aromatic rings. The van der Waals surface area contributed by atoms with Crippen molar-refractivity contribution >= 4 is 44.6 Å².